The van der Waals surface area contributed by atoms with Crippen molar-refractivity contribution in [3.63, 3.8) is 0 Å². The summed E-state index contributed by atoms with van der Waals surface area (Å²) in [7, 11) is 0. The van der Waals surface area contributed by atoms with E-state index in [0.29, 0.717) is 24.3 Å². The fraction of sp³-hybridized carbons (Fsp3) is 0.619. The molecule has 4 saturated carbocycles. The molecule has 0 saturated heterocycles. The van der Waals surface area contributed by atoms with Crippen LogP contribution in [0.5, 0.6) is 0 Å². The molecule has 2 N–H and O–H groups in total. The molecule has 5 rings (SSSR count). The van der Waals surface area contributed by atoms with E-state index < -0.39 is 0 Å². The molecule has 4 aliphatic rings. The van der Waals surface area contributed by atoms with Crippen molar-refractivity contribution < 1.29 is 9.59 Å². The van der Waals surface area contributed by atoms with Gasteiger partial charge in [0.05, 0.1) is 12.5 Å². The molecule has 0 radical (unpaired) electrons. The Hall–Kier alpha value is -1.36. The van der Waals surface area contributed by atoms with Crippen molar-refractivity contribution in [2.24, 2.45) is 23.7 Å². The van der Waals surface area contributed by atoms with Crippen LogP contribution in [0.25, 0.3) is 0 Å². The Morgan fingerprint density at radius 2 is 1.62 bits per heavy atom. The Morgan fingerprint density at radius 1 is 1.04 bits per heavy atom. The van der Waals surface area contributed by atoms with E-state index in [1.54, 1.807) is 0 Å². The Morgan fingerprint density at radius 3 is 2.15 bits per heavy atom. The highest BCUT2D eigenvalue weighted by Crippen LogP contribution is 2.53. The Kier molecular flexibility index (Phi) is 5.09. The lowest BCUT2D eigenvalue weighted by Crippen LogP contribution is -2.56. The zero-order valence-electron chi connectivity index (χ0n) is 15.2. The third-order valence-corrected chi connectivity index (χ3v) is 7.12. The van der Waals surface area contributed by atoms with Crippen LogP contribution in [0.15, 0.2) is 28.7 Å². The molecule has 0 aliphatic heterocycles. The zero-order chi connectivity index (χ0) is 18.3. The first-order valence-electron chi connectivity index (χ1n) is 9.80. The third-order valence-electron chi connectivity index (χ3n) is 6.59. The molecular formula is C21H27BrN2O2. The summed E-state index contributed by atoms with van der Waals surface area (Å²) in [6, 6.07) is 7.87. The number of rotatable bonds is 5. The lowest BCUT2D eigenvalue weighted by molar-refractivity contribution is -0.126. The first-order valence-corrected chi connectivity index (χ1v) is 10.6. The third kappa shape index (κ3) is 3.83. The number of hydrogen-bond acceptors (Lipinski definition) is 2. The minimum absolute atomic E-state index is 0.0594. The maximum atomic E-state index is 12.8. The molecule has 5 heteroatoms. The number of amides is 2. The molecule has 4 aliphatic carbocycles. The zero-order valence-corrected chi connectivity index (χ0v) is 16.8. The Labute approximate surface area is 163 Å². The molecule has 1 aromatic rings. The maximum Gasteiger partial charge on any atom is 0.222 e. The highest BCUT2D eigenvalue weighted by molar-refractivity contribution is 9.10. The number of hydrogen-bond donors (Lipinski definition) is 2. The van der Waals surface area contributed by atoms with Crippen molar-refractivity contribution in [3.05, 3.63) is 34.3 Å². The molecule has 26 heavy (non-hydrogen) atoms. The van der Waals surface area contributed by atoms with Crippen LogP contribution in [0.1, 0.15) is 57.1 Å². The number of carbonyl (C=O) groups is 2. The van der Waals surface area contributed by atoms with E-state index in [4.69, 9.17) is 0 Å². The van der Waals surface area contributed by atoms with E-state index in [1.165, 1.54) is 39.0 Å². The van der Waals surface area contributed by atoms with Gasteiger partial charge < -0.3 is 10.6 Å². The molecule has 0 aromatic heterocycles. The van der Waals surface area contributed by atoms with Gasteiger partial charge in [-0.1, -0.05) is 28.1 Å². The minimum Gasteiger partial charge on any atom is -0.353 e. The van der Waals surface area contributed by atoms with Crippen LogP contribution in [-0.4, -0.2) is 17.9 Å². The van der Waals surface area contributed by atoms with E-state index in [0.717, 1.165) is 21.9 Å². The SMILES string of the molecule is CC(=O)NC(CC(=O)NC1C2CC3CC(C2)CC1C3)c1ccc(Br)cc1. The van der Waals surface area contributed by atoms with Gasteiger partial charge in [0.2, 0.25) is 11.8 Å². The number of benzene rings is 1. The van der Waals surface area contributed by atoms with Crippen LogP contribution >= 0.6 is 15.9 Å². The first kappa shape index (κ1) is 18.0. The van der Waals surface area contributed by atoms with Gasteiger partial charge in [-0.25, -0.2) is 0 Å². The van der Waals surface area contributed by atoms with Crippen molar-refractivity contribution in [1.82, 2.24) is 10.6 Å². The van der Waals surface area contributed by atoms with E-state index in [-0.39, 0.29) is 17.9 Å². The number of nitrogens with one attached hydrogen (secondary N) is 2. The Balaban J connectivity index is 1.41. The van der Waals surface area contributed by atoms with Gasteiger partial charge >= 0.3 is 0 Å². The van der Waals surface area contributed by atoms with Crippen LogP contribution in [-0.2, 0) is 9.59 Å². The highest BCUT2D eigenvalue weighted by atomic mass is 79.9. The molecule has 1 aromatic carbocycles. The van der Waals surface area contributed by atoms with Gasteiger partial charge in [0.25, 0.3) is 0 Å². The average molecular weight is 419 g/mol. The normalized spacial score (nSPS) is 32.9. The second kappa shape index (κ2) is 7.34. The van der Waals surface area contributed by atoms with Gasteiger partial charge in [-0.2, -0.15) is 0 Å². The molecule has 0 spiro atoms. The molecule has 0 heterocycles. The van der Waals surface area contributed by atoms with Gasteiger partial charge in [0.15, 0.2) is 0 Å². The predicted molar refractivity (Wildman–Crippen MR) is 104 cm³/mol. The predicted octanol–water partition coefficient (Wildman–Crippen LogP) is 3.96. The summed E-state index contributed by atoms with van der Waals surface area (Å²) in [6.07, 6.45) is 6.88. The van der Waals surface area contributed by atoms with Crippen molar-refractivity contribution in [2.45, 2.75) is 57.5 Å². The topological polar surface area (TPSA) is 58.2 Å². The molecule has 4 nitrogen and oxygen atoms in total. The summed E-state index contributed by atoms with van der Waals surface area (Å²) in [6.45, 7) is 1.50. The molecule has 4 bridgehead atoms. The molecule has 2 amide bonds. The second-order valence-corrected chi connectivity index (χ2v) is 9.45. The molecule has 4 fully saturated rings. The second-order valence-electron chi connectivity index (χ2n) is 8.53. The molecular weight excluding hydrogens is 392 g/mol. The smallest absolute Gasteiger partial charge is 0.222 e. The standard InChI is InChI=1S/C21H27BrN2O2/c1-12(25)23-19(15-2-4-18(22)5-3-15)11-20(26)24-21-16-7-13-6-14(9-16)10-17(21)8-13/h2-5,13-14,16-17,19,21H,6-11H2,1H3,(H,23,25)(H,24,26). The van der Waals surface area contributed by atoms with Crippen molar-refractivity contribution in [2.75, 3.05) is 0 Å². The molecule has 1 unspecified atom stereocenters. The maximum absolute atomic E-state index is 12.8. The van der Waals surface area contributed by atoms with Gasteiger partial charge in [-0.3, -0.25) is 9.59 Å². The summed E-state index contributed by atoms with van der Waals surface area (Å²) in [4.78, 5) is 24.4. The fourth-order valence-electron chi connectivity index (χ4n) is 5.78. The van der Waals surface area contributed by atoms with E-state index in [9.17, 15) is 9.59 Å². The van der Waals surface area contributed by atoms with Gasteiger partial charge in [0.1, 0.15) is 0 Å². The Bertz CT molecular complexity index is 660. The van der Waals surface area contributed by atoms with E-state index in [1.807, 2.05) is 24.3 Å². The van der Waals surface area contributed by atoms with Crippen LogP contribution in [0.2, 0.25) is 0 Å². The monoisotopic (exact) mass is 418 g/mol. The van der Waals surface area contributed by atoms with Crippen molar-refractivity contribution >= 4 is 27.7 Å². The van der Waals surface area contributed by atoms with E-state index >= 15 is 0 Å². The summed E-state index contributed by atoms with van der Waals surface area (Å²) < 4.78 is 0.987. The number of halogens is 1. The quantitative estimate of drug-likeness (QED) is 0.759. The number of carbonyl (C=O) groups excluding carboxylic acids is 2. The van der Waals surface area contributed by atoms with Crippen molar-refractivity contribution in [1.29, 1.82) is 0 Å². The van der Waals surface area contributed by atoms with Gasteiger partial charge in [0, 0.05) is 17.4 Å². The highest BCUT2D eigenvalue weighted by Gasteiger charge is 2.48. The van der Waals surface area contributed by atoms with Crippen LogP contribution in [0, 0.1) is 23.7 Å². The van der Waals surface area contributed by atoms with E-state index in [2.05, 4.69) is 26.6 Å². The van der Waals surface area contributed by atoms with Gasteiger partial charge in [-0.05, 0) is 73.5 Å². The lowest BCUT2D eigenvalue weighted by Gasteiger charge is -2.54. The summed E-state index contributed by atoms with van der Waals surface area (Å²) >= 11 is 3.43. The summed E-state index contributed by atoms with van der Waals surface area (Å²) in [5.41, 5.74) is 0.962. The largest absolute Gasteiger partial charge is 0.353 e. The summed E-state index contributed by atoms with van der Waals surface area (Å²) in [5, 5.41) is 6.28. The van der Waals surface area contributed by atoms with Crippen LogP contribution in [0.3, 0.4) is 0 Å². The van der Waals surface area contributed by atoms with Gasteiger partial charge in [-0.15, -0.1) is 0 Å². The minimum atomic E-state index is -0.280. The summed E-state index contributed by atoms with van der Waals surface area (Å²) in [5.74, 6) is 3.09. The fourth-order valence-corrected chi connectivity index (χ4v) is 6.05. The molecule has 140 valence electrons. The lowest BCUT2D eigenvalue weighted by atomic mass is 9.54. The first-order chi connectivity index (χ1) is 12.5. The van der Waals surface area contributed by atoms with Crippen molar-refractivity contribution in [3.8, 4) is 0 Å². The van der Waals surface area contributed by atoms with Crippen LogP contribution in [0.4, 0.5) is 0 Å². The average Bonchev–Trinajstić information content (AvgIpc) is 2.57. The van der Waals surface area contributed by atoms with Crippen LogP contribution < -0.4 is 10.6 Å². The molecule has 1 atom stereocenters.